The summed E-state index contributed by atoms with van der Waals surface area (Å²) in [5.74, 6) is -0.250. The molecule has 0 spiro atoms. The Bertz CT molecular complexity index is 1040. The van der Waals surface area contributed by atoms with Gasteiger partial charge in [0.25, 0.3) is 0 Å². The number of carbonyl (C=O) groups excluding carboxylic acids is 1. The lowest BCUT2D eigenvalue weighted by Crippen LogP contribution is -2.60. The summed E-state index contributed by atoms with van der Waals surface area (Å²) in [6.07, 6.45) is 45.7. The summed E-state index contributed by atoms with van der Waals surface area (Å²) < 4.78 is 11.2. The Morgan fingerprint density at radius 1 is 0.463 bits per heavy atom. The number of unbranched alkanes of at least 4 members (excludes halogenated alkanes) is 40. The Morgan fingerprint density at radius 2 is 0.776 bits per heavy atom. The van der Waals surface area contributed by atoms with Crippen molar-refractivity contribution < 1.29 is 44.9 Å². The molecule has 0 radical (unpaired) electrons. The Morgan fingerprint density at radius 3 is 1.10 bits per heavy atom. The number of aliphatic hydroxyl groups is 6. The van der Waals surface area contributed by atoms with Crippen LogP contribution in [-0.2, 0) is 14.3 Å². The van der Waals surface area contributed by atoms with Gasteiger partial charge in [0.15, 0.2) is 6.29 Å². The zero-order chi connectivity index (χ0) is 48.8. The maximum absolute atomic E-state index is 13.1. The van der Waals surface area contributed by atoms with Gasteiger partial charge in [-0.25, -0.2) is 0 Å². The molecule has 10 heteroatoms. The zero-order valence-corrected chi connectivity index (χ0v) is 44.1. The molecule has 0 aromatic carbocycles. The smallest absolute Gasteiger partial charge is 0.220 e. The fraction of sp³-hybridized carbons (Fsp3) is 0.982. The first-order chi connectivity index (χ1) is 32.8. The molecule has 1 rings (SSSR count). The van der Waals surface area contributed by atoms with Gasteiger partial charge in [0.05, 0.1) is 25.4 Å². The van der Waals surface area contributed by atoms with E-state index in [1.165, 1.54) is 231 Å². The zero-order valence-electron chi connectivity index (χ0n) is 44.1. The van der Waals surface area contributed by atoms with Crippen molar-refractivity contribution in [1.82, 2.24) is 5.32 Å². The van der Waals surface area contributed by atoms with Crippen LogP contribution in [0.3, 0.4) is 0 Å². The van der Waals surface area contributed by atoms with E-state index >= 15 is 0 Å². The topological polar surface area (TPSA) is 169 Å². The van der Waals surface area contributed by atoms with Gasteiger partial charge in [0.2, 0.25) is 5.91 Å². The maximum atomic E-state index is 13.1. The molecule has 1 aliphatic rings. The standard InChI is InChI=1S/C57H113NO9/c1-3-5-7-9-11-13-15-17-18-19-20-21-22-23-24-25-26-27-28-29-30-31-32-34-36-38-40-42-44-46-52(61)58-49(48-66-57-56(65)55(64)54(63)51(47-59)67-57)53(62)50(60)45-43-41-39-37-35-33-16-14-12-10-8-6-4-2/h49-51,53-57,59-60,62-65H,3-48H2,1-2H3,(H,58,61)/t49-,50+,51+,53-,54+,55?,56?,57+/m0/s1. The number of hydrogen-bond acceptors (Lipinski definition) is 9. The molecule has 1 saturated heterocycles. The van der Waals surface area contributed by atoms with Gasteiger partial charge in [-0.1, -0.05) is 277 Å². The van der Waals surface area contributed by atoms with Crippen molar-refractivity contribution in [3.05, 3.63) is 0 Å². The molecule has 400 valence electrons. The van der Waals surface area contributed by atoms with Crippen molar-refractivity contribution in [2.75, 3.05) is 13.2 Å². The molecule has 10 nitrogen and oxygen atoms in total. The van der Waals surface area contributed by atoms with Gasteiger partial charge >= 0.3 is 0 Å². The molecule has 1 aliphatic heterocycles. The highest BCUT2D eigenvalue weighted by atomic mass is 16.7. The predicted molar refractivity (Wildman–Crippen MR) is 278 cm³/mol. The van der Waals surface area contributed by atoms with E-state index in [1.54, 1.807) is 0 Å². The SMILES string of the molecule is CCCCCCCCCCCCCCCCCCCCCCCCCCCCCCCC(=O)N[C@@H](CO[C@@H]1O[C@H](CO)[C@@H](O)C(O)C1O)[C@H](O)[C@H](O)CCCCCCCCCCCCCCC. The summed E-state index contributed by atoms with van der Waals surface area (Å²) >= 11 is 0. The van der Waals surface area contributed by atoms with Crippen molar-refractivity contribution in [2.45, 2.75) is 345 Å². The highest BCUT2D eigenvalue weighted by Crippen LogP contribution is 2.24. The summed E-state index contributed by atoms with van der Waals surface area (Å²) in [5, 5.41) is 65.5. The van der Waals surface area contributed by atoms with E-state index in [2.05, 4.69) is 19.2 Å². The van der Waals surface area contributed by atoms with Crippen LogP contribution < -0.4 is 5.32 Å². The minimum absolute atomic E-state index is 0.250. The molecule has 0 aromatic rings. The number of carbonyl (C=O) groups is 1. The van der Waals surface area contributed by atoms with E-state index in [4.69, 9.17) is 9.47 Å². The Balaban J connectivity index is 2.16. The molecule has 67 heavy (non-hydrogen) atoms. The summed E-state index contributed by atoms with van der Waals surface area (Å²) in [5.41, 5.74) is 0. The van der Waals surface area contributed by atoms with E-state index in [1.807, 2.05) is 0 Å². The molecular formula is C57H113NO9. The largest absolute Gasteiger partial charge is 0.394 e. The number of amides is 1. The molecule has 7 N–H and O–H groups in total. The van der Waals surface area contributed by atoms with Crippen LogP contribution in [-0.4, -0.2) is 98.7 Å². The molecule has 1 heterocycles. The van der Waals surface area contributed by atoms with Crippen LogP contribution in [0.15, 0.2) is 0 Å². The number of aliphatic hydroxyl groups excluding tert-OH is 6. The van der Waals surface area contributed by atoms with Crippen molar-refractivity contribution in [2.24, 2.45) is 0 Å². The van der Waals surface area contributed by atoms with Gasteiger partial charge in [-0.2, -0.15) is 0 Å². The van der Waals surface area contributed by atoms with Gasteiger partial charge in [0.1, 0.15) is 30.5 Å². The molecule has 1 fully saturated rings. The third-order valence-corrected chi connectivity index (χ3v) is 14.6. The lowest BCUT2D eigenvalue weighted by atomic mass is 9.98. The minimum atomic E-state index is -1.60. The second kappa shape index (κ2) is 47.5. The highest BCUT2D eigenvalue weighted by molar-refractivity contribution is 5.76. The van der Waals surface area contributed by atoms with Crippen molar-refractivity contribution in [3.8, 4) is 0 Å². The van der Waals surface area contributed by atoms with Crippen molar-refractivity contribution >= 4 is 5.91 Å². The molecule has 0 bridgehead atoms. The number of ether oxygens (including phenoxy) is 2. The molecule has 0 saturated carbocycles. The van der Waals surface area contributed by atoms with Crippen LogP contribution in [0.25, 0.3) is 0 Å². The van der Waals surface area contributed by atoms with Gasteiger partial charge in [-0.3, -0.25) is 4.79 Å². The van der Waals surface area contributed by atoms with Crippen LogP contribution >= 0.6 is 0 Å². The first kappa shape index (κ1) is 64.2. The lowest BCUT2D eigenvalue weighted by Gasteiger charge is -2.40. The van der Waals surface area contributed by atoms with Crippen molar-refractivity contribution in [3.63, 3.8) is 0 Å². The monoisotopic (exact) mass is 956 g/mol. The third-order valence-electron chi connectivity index (χ3n) is 14.6. The molecule has 8 atom stereocenters. The fourth-order valence-corrected chi connectivity index (χ4v) is 9.85. The van der Waals surface area contributed by atoms with Gasteiger partial charge in [0, 0.05) is 6.42 Å². The van der Waals surface area contributed by atoms with Crippen LogP contribution in [0.4, 0.5) is 0 Å². The second-order valence-electron chi connectivity index (χ2n) is 20.9. The normalized spacial score (nSPS) is 20.0. The summed E-state index contributed by atoms with van der Waals surface area (Å²) in [6, 6.07) is -0.986. The van der Waals surface area contributed by atoms with Gasteiger partial charge in [-0.15, -0.1) is 0 Å². The first-order valence-corrected chi connectivity index (χ1v) is 29.3. The van der Waals surface area contributed by atoms with E-state index in [9.17, 15) is 35.4 Å². The third kappa shape index (κ3) is 36.7. The first-order valence-electron chi connectivity index (χ1n) is 29.3. The Hall–Kier alpha value is -0.850. The lowest BCUT2D eigenvalue weighted by molar-refractivity contribution is -0.303. The van der Waals surface area contributed by atoms with Crippen LogP contribution in [0.1, 0.15) is 296 Å². The van der Waals surface area contributed by atoms with Crippen LogP contribution in [0.2, 0.25) is 0 Å². The number of hydrogen-bond donors (Lipinski definition) is 7. The van der Waals surface area contributed by atoms with E-state index < -0.39 is 55.6 Å². The quantitative estimate of drug-likeness (QED) is 0.0293. The molecule has 0 aromatic heterocycles. The molecule has 0 aliphatic carbocycles. The van der Waals surface area contributed by atoms with E-state index in [0.29, 0.717) is 6.42 Å². The average molecular weight is 957 g/mol. The second-order valence-corrected chi connectivity index (χ2v) is 20.9. The van der Waals surface area contributed by atoms with E-state index in [-0.39, 0.29) is 18.9 Å². The predicted octanol–water partition coefficient (Wildman–Crippen LogP) is 13.2. The Labute approximate surface area is 413 Å². The number of rotatable bonds is 51. The average Bonchev–Trinajstić information content (AvgIpc) is 3.33. The van der Waals surface area contributed by atoms with Crippen LogP contribution in [0, 0.1) is 0 Å². The summed E-state index contributed by atoms with van der Waals surface area (Å²) in [4.78, 5) is 13.1. The molecule has 2 unspecified atom stereocenters. The van der Waals surface area contributed by atoms with E-state index in [0.717, 1.165) is 38.5 Å². The van der Waals surface area contributed by atoms with Crippen LogP contribution in [0.5, 0.6) is 0 Å². The number of nitrogens with one attached hydrogen (secondary N) is 1. The molecular weight excluding hydrogens is 843 g/mol. The fourth-order valence-electron chi connectivity index (χ4n) is 9.85. The van der Waals surface area contributed by atoms with Gasteiger partial charge in [-0.05, 0) is 12.8 Å². The summed E-state index contributed by atoms with van der Waals surface area (Å²) in [6.45, 7) is 3.65. The van der Waals surface area contributed by atoms with Crippen molar-refractivity contribution in [1.29, 1.82) is 0 Å². The molecule has 1 amide bonds. The Kier molecular flexibility index (Phi) is 45.5. The maximum Gasteiger partial charge on any atom is 0.220 e. The van der Waals surface area contributed by atoms with Gasteiger partial charge < -0.3 is 45.4 Å². The minimum Gasteiger partial charge on any atom is -0.394 e. The summed E-state index contributed by atoms with van der Waals surface area (Å²) in [7, 11) is 0. The highest BCUT2D eigenvalue weighted by Gasteiger charge is 2.44.